The second kappa shape index (κ2) is 5.36. The zero-order valence-electron chi connectivity index (χ0n) is 11.9. The monoisotopic (exact) mass is 281 g/mol. The molecule has 0 aliphatic carbocycles. The van der Waals surface area contributed by atoms with E-state index in [9.17, 15) is 4.79 Å². The molecule has 0 saturated heterocycles. The number of esters is 1. The summed E-state index contributed by atoms with van der Waals surface area (Å²) >= 11 is 0. The molecule has 2 aromatic heterocycles. The van der Waals surface area contributed by atoms with E-state index in [-0.39, 0.29) is 5.97 Å². The average molecular weight is 281 g/mol. The van der Waals surface area contributed by atoms with Crippen molar-refractivity contribution < 1.29 is 9.53 Å². The number of rotatable bonds is 3. The second-order valence-electron chi connectivity index (χ2n) is 4.68. The predicted molar refractivity (Wildman–Crippen MR) is 79.1 cm³/mol. The van der Waals surface area contributed by atoms with Crippen LogP contribution in [0.4, 0.5) is 0 Å². The Balaban J connectivity index is 2.35. The van der Waals surface area contributed by atoms with E-state index in [1.807, 2.05) is 37.3 Å². The highest BCUT2D eigenvalue weighted by atomic mass is 16.5. The smallest absolute Gasteiger partial charge is 0.339 e. The van der Waals surface area contributed by atoms with Gasteiger partial charge in [0.15, 0.2) is 5.65 Å². The van der Waals surface area contributed by atoms with Gasteiger partial charge < -0.3 is 4.74 Å². The highest BCUT2D eigenvalue weighted by Gasteiger charge is 2.21. The third kappa shape index (κ3) is 2.27. The average Bonchev–Trinajstić information content (AvgIpc) is 2.94. The Morgan fingerprint density at radius 2 is 2.05 bits per heavy atom. The summed E-state index contributed by atoms with van der Waals surface area (Å²) in [4.78, 5) is 16.6. The first-order valence-electron chi connectivity index (χ1n) is 6.78. The van der Waals surface area contributed by atoms with Crippen LogP contribution in [0.2, 0.25) is 0 Å². The lowest BCUT2D eigenvalue weighted by molar-refractivity contribution is 0.0526. The molecule has 0 aliphatic rings. The Labute approximate surface area is 122 Å². The largest absolute Gasteiger partial charge is 0.462 e. The first-order chi connectivity index (χ1) is 10.2. The van der Waals surface area contributed by atoms with Gasteiger partial charge in [0.2, 0.25) is 0 Å². The molecule has 0 N–H and O–H groups in total. The van der Waals surface area contributed by atoms with Gasteiger partial charge in [0.05, 0.1) is 12.2 Å². The topological polar surface area (TPSA) is 56.5 Å². The fraction of sp³-hybridized carbons (Fsp3) is 0.188. The number of carbonyl (C=O) groups is 1. The van der Waals surface area contributed by atoms with Crippen LogP contribution in [0.1, 0.15) is 22.8 Å². The van der Waals surface area contributed by atoms with Crippen LogP contribution < -0.4 is 0 Å². The van der Waals surface area contributed by atoms with Crippen LogP contribution in [0.25, 0.3) is 16.8 Å². The highest BCUT2D eigenvalue weighted by molar-refractivity contribution is 6.02. The predicted octanol–water partition coefficient (Wildman–Crippen LogP) is 2.88. The van der Waals surface area contributed by atoms with Gasteiger partial charge in [-0.05, 0) is 25.0 Å². The maximum atomic E-state index is 12.3. The molecule has 0 unspecified atom stereocenters. The number of hydrogen-bond donors (Lipinski definition) is 0. The van der Waals surface area contributed by atoms with Crippen LogP contribution in [0.3, 0.4) is 0 Å². The Hall–Kier alpha value is -2.69. The van der Waals surface area contributed by atoms with Crippen molar-refractivity contribution in [2.24, 2.45) is 0 Å². The Kier molecular flexibility index (Phi) is 3.39. The quantitative estimate of drug-likeness (QED) is 0.693. The number of ether oxygens (including phenoxy) is 1. The Morgan fingerprint density at radius 1 is 1.29 bits per heavy atom. The molecule has 0 atom stereocenters. The maximum Gasteiger partial charge on any atom is 0.339 e. The van der Waals surface area contributed by atoms with E-state index >= 15 is 0 Å². The number of hydrogen-bond acceptors (Lipinski definition) is 4. The van der Waals surface area contributed by atoms with E-state index in [4.69, 9.17) is 4.74 Å². The molecule has 106 valence electrons. The van der Waals surface area contributed by atoms with Crippen LogP contribution in [-0.2, 0) is 4.74 Å². The van der Waals surface area contributed by atoms with Crippen molar-refractivity contribution in [3.63, 3.8) is 0 Å². The van der Waals surface area contributed by atoms with E-state index in [1.54, 1.807) is 17.6 Å². The summed E-state index contributed by atoms with van der Waals surface area (Å²) in [6.07, 6.45) is 3.27. The zero-order chi connectivity index (χ0) is 14.8. The lowest BCUT2D eigenvalue weighted by Crippen LogP contribution is -2.11. The SMILES string of the molecule is CCOC(=O)c1c(C)cn2ncnc2c1-c1ccccc1. The van der Waals surface area contributed by atoms with Gasteiger partial charge in [-0.25, -0.2) is 14.3 Å². The molecule has 3 rings (SSSR count). The van der Waals surface area contributed by atoms with Gasteiger partial charge in [-0.2, -0.15) is 5.10 Å². The van der Waals surface area contributed by atoms with Gasteiger partial charge in [-0.1, -0.05) is 30.3 Å². The van der Waals surface area contributed by atoms with E-state index in [0.717, 1.165) is 16.7 Å². The number of nitrogens with zero attached hydrogens (tertiary/aromatic N) is 3. The summed E-state index contributed by atoms with van der Waals surface area (Å²) in [5.41, 5.74) is 3.68. The standard InChI is InChI=1S/C16H15N3O2/c1-3-21-16(20)13-11(2)9-19-15(17-10-18-19)14(13)12-7-5-4-6-8-12/h4-10H,3H2,1-2H3. The van der Waals surface area contributed by atoms with Gasteiger partial charge in [0.1, 0.15) is 6.33 Å². The van der Waals surface area contributed by atoms with E-state index in [1.165, 1.54) is 6.33 Å². The first-order valence-corrected chi connectivity index (χ1v) is 6.78. The minimum atomic E-state index is -0.334. The van der Waals surface area contributed by atoms with Crippen LogP contribution in [0.15, 0.2) is 42.9 Å². The summed E-state index contributed by atoms with van der Waals surface area (Å²) < 4.78 is 6.88. The molecular weight excluding hydrogens is 266 g/mol. The van der Waals surface area contributed by atoms with Gasteiger partial charge in [-0.3, -0.25) is 0 Å². The fourth-order valence-corrected chi connectivity index (χ4v) is 2.43. The fourth-order valence-electron chi connectivity index (χ4n) is 2.43. The molecule has 0 bridgehead atoms. The summed E-state index contributed by atoms with van der Waals surface area (Å²) in [6.45, 7) is 4.01. The van der Waals surface area contributed by atoms with E-state index in [2.05, 4.69) is 10.1 Å². The van der Waals surface area contributed by atoms with Gasteiger partial charge in [0, 0.05) is 11.8 Å². The van der Waals surface area contributed by atoms with E-state index < -0.39 is 0 Å². The van der Waals surface area contributed by atoms with Crippen LogP contribution >= 0.6 is 0 Å². The molecule has 0 aliphatic heterocycles. The molecule has 2 heterocycles. The van der Waals surface area contributed by atoms with Crippen molar-refractivity contribution in [2.75, 3.05) is 6.61 Å². The lowest BCUT2D eigenvalue weighted by Gasteiger charge is -2.13. The zero-order valence-corrected chi connectivity index (χ0v) is 11.9. The van der Waals surface area contributed by atoms with Crippen molar-refractivity contribution >= 4 is 11.6 Å². The van der Waals surface area contributed by atoms with Gasteiger partial charge >= 0.3 is 5.97 Å². The molecule has 5 nitrogen and oxygen atoms in total. The third-order valence-corrected chi connectivity index (χ3v) is 3.30. The minimum Gasteiger partial charge on any atom is -0.462 e. The van der Waals surface area contributed by atoms with Crippen molar-refractivity contribution in [1.29, 1.82) is 0 Å². The molecule has 0 amide bonds. The number of aryl methyl sites for hydroxylation is 1. The molecule has 0 fully saturated rings. The Morgan fingerprint density at radius 3 is 2.76 bits per heavy atom. The van der Waals surface area contributed by atoms with Crippen molar-refractivity contribution in [2.45, 2.75) is 13.8 Å². The third-order valence-electron chi connectivity index (χ3n) is 3.30. The molecule has 3 aromatic rings. The molecular formula is C16H15N3O2. The molecule has 1 aromatic carbocycles. The lowest BCUT2D eigenvalue weighted by atomic mass is 9.98. The summed E-state index contributed by atoms with van der Waals surface area (Å²) in [7, 11) is 0. The molecule has 0 radical (unpaired) electrons. The van der Waals surface area contributed by atoms with Crippen molar-refractivity contribution in [3.05, 3.63) is 54.0 Å². The number of carbonyl (C=O) groups excluding carboxylic acids is 1. The molecule has 21 heavy (non-hydrogen) atoms. The summed E-state index contributed by atoms with van der Waals surface area (Å²) in [5, 5.41) is 4.17. The van der Waals surface area contributed by atoms with Gasteiger partial charge in [-0.15, -0.1) is 0 Å². The van der Waals surface area contributed by atoms with Crippen LogP contribution in [0, 0.1) is 6.92 Å². The number of pyridine rings is 1. The van der Waals surface area contributed by atoms with Crippen LogP contribution in [0.5, 0.6) is 0 Å². The maximum absolute atomic E-state index is 12.3. The number of aromatic nitrogens is 3. The van der Waals surface area contributed by atoms with E-state index in [0.29, 0.717) is 17.8 Å². The first kappa shape index (κ1) is 13.3. The molecule has 0 spiro atoms. The summed E-state index contributed by atoms with van der Waals surface area (Å²) in [6, 6.07) is 9.70. The van der Waals surface area contributed by atoms with Gasteiger partial charge in [0.25, 0.3) is 0 Å². The number of fused-ring (bicyclic) bond motifs is 1. The van der Waals surface area contributed by atoms with Crippen LogP contribution in [-0.4, -0.2) is 27.2 Å². The normalized spacial score (nSPS) is 10.8. The minimum absolute atomic E-state index is 0.334. The molecule has 0 saturated carbocycles. The summed E-state index contributed by atoms with van der Waals surface area (Å²) in [5.74, 6) is -0.334. The highest BCUT2D eigenvalue weighted by Crippen LogP contribution is 2.30. The van der Waals surface area contributed by atoms with Crippen molar-refractivity contribution in [1.82, 2.24) is 14.6 Å². The second-order valence-corrected chi connectivity index (χ2v) is 4.68. The number of benzene rings is 1. The Bertz CT molecular complexity index is 794. The van der Waals surface area contributed by atoms with Crippen molar-refractivity contribution in [3.8, 4) is 11.1 Å². The molecule has 5 heteroatoms.